The predicted molar refractivity (Wildman–Crippen MR) is 71.5 cm³/mol. The van der Waals surface area contributed by atoms with Crippen molar-refractivity contribution < 1.29 is 8.42 Å². The summed E-state index contributed by atoms with van der Waals surface area (Å²) < 4.78 is 30.0. The Labute approximate surface area is 114 Å². The summed E-state index contributed by atoms with van der Waals surface area (Å²) in [6.07, 6.45) is 5.85. The van der Waals surface area contributed by atoms with Crippen molar-refractivity contribution in [2.45, 2.75) is 32.7 Å². The van der Waals surface area contributed by atoms with Crippen molar-refractivity contribution >= 4 is 10.2 Å². The summed E-state index contributed by atoms with van der Waals surface area (Å²) in [4.78, 5) is 3.84. The zero-order chi connectivity index (χ0) is 13.7. The van der Waals surface area contributed by atoms with E-state index in [0.29, 0.717) is 38.5 Å². The Bertz CT molecular complexity index is 473. The summed E-state index contributed by atoms with van der Waals surface area (Å²) in [6.45, 7) is 4.43. The first-order chi connectivity index (χ1) is 9.08. The van der Waals surface area contributed by atoms with Gasteiger partial charge in [-0.3, -0.25) is 4.68 Å². The van der Waals surface area contributed by atoms with E-state index in [1.165, 1.54) is 6.33 Å². The van der Waals surface area contributed by atoms with Crippen molar-refractivity contribution in [1.29, 1.82) is 0 Å². The van der Waals surface area contributed by atoms with Crippen molar-refractivity contribution in [3.05, 3.63) is 12.7 Å². The molecule has 0 saturated carbocycles. The number of aromatic nitrogens is 3. The number of hydrogen-bond acceptors (Lipinski definition) is 4. The van der Waals surface area contributed by atoms with E-state index in [2.05, 4.69) is 21.7 Å². The van der Waals surface area contributed by atoms with Gasteiger partial charge in [0.25, 0.3) is 10.2 Å². The van der Waals surface area contributed by atoms with Crippen LogP contribution in [0.5, 0.6) is 0 Å². The van der Waals surface area contributed by atoms with E-state index in [-0.39, 0.29) is 0 Å². The van der Waals surface area contributed by atoms with Gasteiger partial charge >= 0.3 is 0 Å². The third-order valence-electron chi connectivity index (χ3n) is 3.27. The molecule has 0 aromatic carbocycles. The third-order valence-corrected chi connectivity index (χ3v) is 4.86. The van der Waals surface area contributed by atoms with Gasteiger partial charge in [0.05, 0.1) is 0 Å². The van der Waals surface area contributed by atoms with E-state index in [4.69, 9.17) is 0 Å². The van der Waals surface area contributed by atoms with Crippen LogP contribution in [0.15, 0.2) is 12.7 Å². The van der Waals surface area contributed by atoms with E-state index < -0.39 is 10.2 Å². The molecule has 0 radical (unpaired) electrons. The van der Waals surface area contributed by atoms with Crippen molar-refractivity contribution in [3.8, 4) is 0 Å². The topological polar surface area (TPSA) is 80.1 Å². The van der Waals surface area contributed by atoms with Gasteiger partial charge in [0.15, 0.2) is 0 Å². The van der Waals surface area contributed by atoms with Gasteiger partial charge in [0, 0.05) is 26.2 Å². The van der Waals surface area contributed by atoms with Crippen LogP contribution in [-0.4, -0.2) is 47.1 Å². The van der Waals surface area contributed by atoms with E-state index in [1.54, 1.807) is 15.3 Å². The van der Waals surface area contributed by atoms with Crippen LogP contribution in [0.4, 0.5) is 0 Å². The molecular formula is C11H21N5O2S. The summed E-state index contributed by atoms with van der Waals surface area (Å²) in [7, 11) is -3.32. The quantitative estimate of drug-likeness (QED) is 0.760. The van der Waals surface area contributed by atoms with E-state index >= 15 is 0 Å². The van der Waals surface area contributed by atoms with E-state index in [9.17, 15) is 8.42 Å². The van der Waals surface area contributed by atoms with Crippen LogP contribution in [0.3, 0.4) is 0 Å². The fourth-order valence-corrected chi connectivity index (χ4v) is 3.65. The lowest BCUT2D eigenvalue weighted by Gasteiger charge is -2.29. The lowest BCUT2D eigenvalue weighted by atomic mass is 10.0. The highest BCUT2D eigenvalue weighted by atomic mass is 32.2. The molecule has 1 saturated heterocycles. The molecule has 7 nitrogen and oxygen atoms in total. The van der Waals surface area contributed by atoms with Crippen molar-refractivity contribution in [2.75, 3.05) is 19.6 Å². The largest absolute Gasteiger partial charge is 0.279 e. The van der Waals surface area contributed by atoms with Gasteiger partial charge in [-0.25, -0.2) is 9.71 Å². The first-order valence-corrected chi connectivity index (χ1v) is 8.09. The monoisotopic (exact) mass is 287 g/mol. The fourth-order valence-electron chi connectivity index (χ4n) is 2.25. The van der Waals surface area contributed by atoms with E-state index in [0.717, 1.165) is 12.8 Å². The average Bonchev–Trinajstić information content (AvgIpc) is 2.88. The van der Waals surface area contributed by atoms with Crippen molar-refractivity contribution in [3.63, 3.8) is 0 Å². The maximum atomic E-state index is 12.1. The zero-order valence-corrected chi connectivity index (χ0v) is 12.0. The molecule has 1 aliphatic heterocycles. The van der Waals surface area contributed by atoms with E-state index in [1.807, 2.05) is 0 Å². The molecule has 108 valence electrons. The van der Waals surface area contributed by atoms with Crippen LogP contribution in [0.1, 0.15) is 26.2 Å². The molecule has 0 amide bonds. The molecule has 2 rings (SSSR count). The molecule has 0 bridgehead atoms. The lowest BCUT2D eigenvalue weighted by Crippen LogP contribution is -2.45. The molecule has 1 fully saturated rings. The van der Waals surface area contributed by atoms with Gasteiger partial charge in [0.2, 0.25) is 0 Å². The summed E-state index contributed by atoms with van der Waals surface area (Å²) in [5.41, 5.74) is 0. The van der Waals surface area contributed by atoms with Gasteiger partial charge in [-0.2, -0.15) is 17.8 Å². The minimum atomic E-state index is -3.32. The lowest BCUT2D eigenvalue weighted by molar-refractivity contribution is 0.278. The summed E-state index contributed by atoms with van der Waals surface area (Å²) in [5.74, 6) is 0.445. The smallest absolute Gasteiger partial charge is 0.253 e. The Morgan fingerprint density at radius 3 is 3.00 bits per heavy atom. The molecule has 0 aliphatic carbocycles. The number of rotatable bonds is 6. The van der Waals surface area contributed by atoms with Gasteiger partial charge in [-0.1, -0.05) is 6.92 Å². The first kappa shape index (κ1) is 14.4. The fraction of sp³-hybridized carbons (Fsp3) is 0.818. The second-order valence-corrected chi connectivity index (χ2v) is 6.77. The molecule has 19 heavy (non-hydrogen) atoms. The summed E-state index contributed by atoms with van der Waals surface area (Å²) >= 11 is 0. The molecule has 0 unspecified atom stereocenters. The molecular weight excluding hydrogens is 266 g/mol. The average molecular weight is 287 g/mol. The molecule has 0 spiro atoms. The highest BCUT2D eigenvalue weighted by molar-refractivity contribution is 7.87. The Morgan fingerprint density at radius 1 is 1.47 bits per heavy atom. The maximum Gasteiger partial charge on any atom is 0.279 e. The number of nitrogens with one attached hydrogen (secondary N) is 1. The van der Waals surface area contributed by atoms with Crippen LogP contribution < -0.4 is 4.72 Å². The predicted octanol–water partition coefficient (Wildman–Crippen LogP) is 0.235. The zero-order valence-electron chi connectivity index (χ0n) is 11.2. The maximum absolute atomic E-state index is 12.1. The van der Waals surface area contributed by atoms with Gasteiger partial charge < -0.3 is 0 Å². The van der Waals surface area contributed by atoms with Gasteiger partial charge in [0.1, 0.15) is 12.7 Å². The molecule has 2 heterocycles. The standard InChI is InChI=1S/C11H21N5O2S/c1-11-4-2-7-16(8-11)19(17,18)14-5-3-6-15-10-12-9-13-15/h9-11,14H,2-8H2,1H3/t11-/m0/s1. The first-order valence-electron chi connectivity index (χ1n) is 6.65. The van der Waals surface area contributed by atoms with Crippen LogP contribution in [-0.2, 0) is 16.8 Å². The molecule has 1 atom stereocenters. The van der Waals surface area contributed by atoms with Crippen LogP contribution in [0.2, 0.25) is 0 Å². The molecule has 1 aromatic rings. The van der Waals surface area contributed by atoms with Gasteiger partial charge in [-0.15, -0.1) is 0 Å². The minimum absolute atomic E-state index is 0.424. The summed E-state index contributed by atoms with van der Waals surface area (Å²) in [5, 5.41) is 3.97. The van der Waals surface area contributed by atoms with Gasteiger partial charge in [-0.05, 0) is 25.2 Å². The Balaban J connectivity index is 1.74. The second-order valence-electron chi connectivity index (χ2n) is 5.02. The highest BCUT2D eigenvalue weighted by Gasteiger charge is 2.26. The van der Waals surface area contributed by atoms with Crippen molar-refractivity contribution in [1.82, 2.24) is 23.8 Å². The third kappa shape index (κ3) is 4.26. The Morgan fingerprint density at radius 2 is 2.32 bits per heavy atom. The molecule has 1 aromatic heterocycles. The SMILES string of the molecule is C[C@H]1CCCN(S(=O)(=O)NCCCn2cncn2)C1. The minimum Gasteiger partial charge on any atom is -0.253 e. The Kier molecular flexibility index (Phi) is 4.89. The Hall–Kier alpha value is -0.990. The van der Waals surface area contributed by atoms with Crippen molar-refractivity contribution in [2.24, 2.45) is 5.92 Å². The van der Waals surface area contributed by atoms with Crippen LogP contribution in [0.25, 0.3) is 0 Å². The molecule has 1 aliphatic rings. The number of piperidine rings is 1. The van der Waals surface area contributed by atoms with Crippen LogP contribution in [0, 0.1) is 5.92 Å². The number of aryl methyl sites for hydroxylation is 1. The second kappa shape index (κ2) is 6.44. The van der Waals surface area contributed by atoms with Crippen LogP contribution >= 0.6 is 0 Å². The highest BCUT2D eigenvalue weighted by Crippen LogP contribution is 2.17. The molecule has 8 heteroatoms. The summed E-state index contributed by atoms with van der Waals surface area (Å²) in [6, 6.07) is 0. The normalized spacial score (nSPS) is 21.6. The number of nitrogens with zero attached hydrogens (tertiary/aromatic N) is 4. The molecule has 1 N–H and O–H groups in total. The number of hydrogen-bond donors (Lipinski definition) is 1.